The van der Waals surface area contributed by atoms with E-state index in [0.717, 1.165) is 23.6 Å². The van der Waals surface area contributed by atoms with Gasteiger partial charge in [0.2, 0.25) is 5.13 Å². The second-order valence-electron chi connectivity index (χ2n) is 3.62. The molecule has 0 radical (unpaired) electrons. The topological polar surface area (TPSA) is 67.8 Å². The van der Waals surface area contributed by atoms with Gasteiger partial charge >= 0.3 is 0 Å². The molecule has 0 aliphatic heterocycles. The normalized spacial score (nSPS) is 10.4. The average molecular weight is 283 g/mol. The quantitative estimate of drug-likeness (QED) is 0.879. The van der Waals surface area contributed by atoms with Gasteiger partial charge in [0.25, 0.3) is 5.91 Å². The van der Waals surface area contributed by atoms with Gasteiger partial charge < -0.3 is 0 Å². The maximum Gasteiger partial charge on any atom is 0.257 e. The fourth-order valence-corrected chi connectivity index (χ4v) is 2.18. The number of pyridine rings is 1. The third kappa shape index (κ3) is 3.02. The number of carbonyl (C=O) groups excluding carboxylic acids is 1. The van der Waals surface area contributed by atoms with Crippen molar-refractivity contribution in [1.82, 2.24) is 14.3 Å². The van der Waals surface area contributed by atoms with Gasteiger partial charge in [0.05, 0.1) is 0 Å². The number of aromatic nitrogens is 3. The van der Waals surface area contributed by atoms with E-state index in [1.54, 1.807) is 13.0 Å². The molecule has 2 heterocycles. The molecule has 0 unspecified atom stereocenters. The van der Waals surface area contributed by atoms with Crippen LogP contribution in [-0.4, -0.2) is 20.2 Å². The van der Waals surface area contributed by atoms with Gasteiger partial charge in [-0.2, -0.15) is 4.37 Å². The summed E-state index contributed by atoms with van der Waals surface area (Å²) in [5.74, 6) is 0.377. The van der Waals surface area contributed by atoms with Crippen LogP contribution >= 0.6 is 23.1 Å². The van der Waals surface area contributed by atoms with E-state index in [1.807, 2.05) is 6.92 Å². The lowest BCUT2D eigenvalue weighted by Gasteiger charge is -2.04. The van der Waals surface area contributed by atoms with Crippen molar-refractivity contribution < 1.29 is 4.79 Å². The molecule has 5 nitrogen and oxygen atoms in total. The molecule has 0 spiro atoms. The number of anilines is 1. The van der Waals surface area contributed by atoms with E-state index in [1.165, 1.54) is 6.07 Å². The van der Waals surface area contributed by atoms with Crippen molar-refractivity contribution >= 4 is 34.2 Å². The van der Waals surface area contributed by atoms with Crippen LogP contribution in [0.15, 0.2) is 12.1 Å². The first kappa shape index (κ1) is 12.9. The van der Waals surface area contributed by atoms with Crippen LogP contribution in [0, 0.1) is 6.92 Å². The molecular formula is C11H11ClN4OS. The van der Waals surface area contributed by atoms with Crippen LogP contribution in [0.5, 0.6) is 0 Å². The Morgan fingerprint density at radius 2 is 2.22 bits per heavy atom. The lowest BCUT2D eigenvalue weighted by molar-refractivity contribution is 0.102. The van der Waals surface area contributed by atoms with Crippen LogP contribution in [0.1, 0.15) is 28.8 Å². The van der Waals surface area contributed by atoms with Crippen LogP contribution in [0.2, 0.25) is 5.15 Å². The first-order chi connectivity index (χ1) is 8.58. The first-order valence-electron chi connectivity index (χ1n) is 5.36. The molecule has 1 amide bonds. The molecule has 0 bridgehead atoms. The van der Waals surface area contributed by atoms with Crippen molar-refractivity contribution in [2.75, 3.05) is 5.32 Å². The number of carbonyl (C=O) groups is 1. The molecule has 0 aliphatic rings. The van der Waals surface area contributed by atoms with Gasteiger partial charge in [-0.1, -0.05) is 18.5 Å². The highest BCUT2D eigenvalue weighted by Gasteiger charge is 2.11. The predicted octanol–water partition coefficient (Wildman–Crippen LogP) is 2.71. The molecule has 94 valence electrons. The highest BCUT2D eigenvalue weighted by molar-refractivity contribution is 7.09. The number of hydrogen-bond donors (Lipinski definition) is 1. The number of amides is 1. The number of nitrogens with zero attached hydrogens (tertiary/aromatic N) is 3. The van der Waals surface area contributed by atoms with Gasteiger partial charge in [0.15, 0.2) is 0 Å². The summed E-state index contributed by atoms with van der Waals surface area (Å²) in [5.41, 5.74) is 1.25. The zero-order valence-electron chi connectivity index (χ0n) is 9.90. The Balaban J connectivity index is 2.20. The summed E-state index contributed by atoms with van der Waals surface area (Å²) in [6, 6.07) is 3.25. The van der Waals surface area contributed by atoms with Crippen LogP contribution < -0.4 is 5.32 Å². The lowest BCUT2D eigenvalue weighted by Crippen LogP contribution is -2.12. The molecule has 2 rings (SSSR count). The lowest BCUT2D eigenvalue weighted by atomic mass is 10.2. The summed E-state index contributed by atoms with van der Waals surface area (Å²) in [7, 11) is 0. The summed E-state index contributed by atoms with van der Waals surface area (Å²) in [5, 5.41) is 3.47. The number of hydrogen-bond acceptors (Lipinski definition) is 5. The Morgan fingerprint density at radius 1 is 1.44 bits per heavy atom. The minimum atomic E-state index is -0.259. The van der Waals surface area contributed by atoms with E-state index >= 15 is 0 Å². The smallest absolute Gasteiger partial charge is 0.257 e. The first-order valence-corrected chi connectivity index (χ1v) is 6.51. The van der Waals surface area contributed by atoms with E-state index in [-0.39, 0.29) is 5.91 Å². The second kappa shape index (κ2) is 5.41. The van der Waals surface area contributed by atoms with E-state index in [0.29, 0.717) is 21.7 Å². The maximum absolute atomic E-state index is 12.0. The molecule has 0 fully saturated rings. The molecule has 0 aromatic carbocycles. The number of halogens is 1. The van der Waals surface area contributed by atoms with Gasteiger partial charge in [-0.15, -0.1) is 0 Å². The predicted molar refractivity (Wildman–Crippen MR) is 71.2 cm³/mol. The molecule has 0 saturated carbocycles. The molecule has 0 atom stereocenters. The summed E-state index contributed by atoms with van der Waals surface area (Å²) >= 11 is 7.01. The van der Waals surface area contributed by atoms with Crippen LogP contribution in [0.3, 0.4) is 0 Å². The van der Waals surface area contributed by atoms with Crippen molar-refractivity contribution in [3.63, 3.8) is 0 Å². The molecule has 7 heteroatoms. The Labute approximate surface area is 113 Å². The van der Waals surface area contributed by atoms with Gasteiger partial charge in [0, 0.05) is 22.8 Å². The van der Waals surface area contributed by atoms with Crippen molar-refractivity contribution in [1.29, 1.82) is 0 Å². The van der Waals surface area contributed by atoms with Gasteiger partial charge in [0.1, 0.15) is 11.0 Å². The minimum Gasteiger partial charge on any atom is -0.297 e. The zero-order valence-corrected chi connectivity index (χ0v) is 11.5. The number of rotatable bonds is 3. The SMILES string of the molecule is CCc1cc(C(=O)Nc2nc(C)ns2)cc(Cl)n1. The summed E-state index contributed by atoms with van der Waals surface area (Å²) < 4.78 is 3.99. The number of nitrogens with one attached hydrogen (secondary N) is 1. The molecule has 2 aromatic rings. The highest BCUT2D eigenvalue weighted by atomic mass is 35.5. The van der Waals surface area contributed by atoms with E-state index in [2.05, 4.69) is 19.7 Å². The van der Waals surface area contributed by atoms with E-state index in [4.69, 9.17) is 11.6 Å². The summed E-state index contributed by atoms with van der Waals surface area (Å²) in [4.78, 5) is 20.2. The Hall–Kier alpha value is -1.53. The van der Waals surface area contributed by atoms with Gasteiger partial charge in [-0.3, -0.25) is 10.1 Å². The van der Waals surface area contributed by atoms with Crippen LogP contribution in [-0.2, 0) is 6.42 Å². The summed E-state index contributed by atoms with van der Waals surface area (Å²) in [6.07, 6.45) is 0.721. The third-order valence-electron chi connectivity index (χ3n) is 2.22. The molecular weight excluding hydrogens is 272 g/mol. The van der Waals surface area contributed by atoms with Gasteiger partial charge in [-0.25, -0.2) is 9.97 Å². The Morgan fingerprint density at radius 3 is 2.83 bits per heavy atom. The average Bonchev–Trinajstić information content (AvgIpc) is 2.73. The third-order valence-corrected chi connectivity index (χ3v) is 3.14. The minimum absolute atomic E-state index is 0.259. The zero-order chi connectivity index (χ0) is 13.1. The largest absolute Gasteiger partial charge is 0.297 e. The molecule has 18 heavy (non-hydrogen) atoms. The van der Waals surface area contributed by atoms with Crippen molar-refractivity contribution in [3.8, 4) is 0 Å². The monoisotopic (exact) mass is 282 g/mol. The van der Waals surface area contributed by atoms with Crippen molar-refractivity contribution in [3.05, 3.63) is 34.4 Å². The number of aryl methyl sites for hydroxylation is 2. The molecule has 0 saturated heterocycles. The standard InChI is InChI=1S/C11H11ClN4OS/c1-3-8-4-7(5-9(12)14-8)10(17)15-11-13-6(2)16-18-11/h4-5H,3H2,1-2H3,(H,13,15,16,17). The van der Waals surface area contributed by atoms with Crippen molar-refractivity contribution in [2.45, 2.75) is 20.3 Å². The molecule has 0 aliphatic carbocycles. The Bertz CT molecular complexity index is 584. The van der Waals surface area contributed by atoms with E-state index in [9.17, 15) is 4.79 Å². The highest BCUT2D eigenvalue weighted by Crippen LogP contribution is 2.15. The Kier molecular flexibility index (Phi) is 3.88. The van der Waals surface area contributed by atoms with Crippen LogP contribution in [0.4, 0.5) is 5.13 Å². The van der Waals surface area contributed by atoms with Crippen molar-refractivity contribution in [2.24, 2.45) is 0 Å². The van der Waals surface area contributed by atoms with Gasteiger partial charge in [-0.05, 0) is 25.5 Å². The fourth-order valence-electron chi connectivity index (χ4n) is 1.38. The maximum atomic E-state index is 12.0. The second-order valence-corrected chi connectivity index (χ2v) is 4.76. The fraction of sp³-hybridized carbons (Fsp3) is 0.273. The van der Waals surface area contributed by atoms with E-state index < -0.39 is 0 Å². The van der Waals surface area contributed by atoms with Crippen LogP contribution in [0.25, 0.3) is 0 Å². The molecule has 2 aromatic heterocycles. The molecule has 1 N–H and O–H groups in total. The summed E-state index contributed by atoms with van der Waals surface area (Å²) in [6.45, 7) is 3.72.